The van der Waals surface area contributed by atoms with Crippen LogP contribution in [0, 0.1) is 5.92 Å². The van der Waals surface area contributed by atoms with Crippen LogP contribution in [0.25, 0.3) is 0 Å². The summed E-state index contributed by atoms with van der Waals surface area (Å²) in [5.41, 5.74) is 7.30. The molecule has 1 aromatic heterocycles. The van der Waals surface area contributed by atoms with Crippen molar-refractivity contribution in [3.05, 3.63) is 24.2 Å². The van der Waals surface area contributed by atoms with Crippen LogP contribution >= 0.6 is 0 Å². The second kappa shape index (κ2) is 2.63. The summed E-state index contributed by atoms with van der Waals surface area (Å²) in [4.78, 5) is 0. The first-order chi connectivity index (χ1) is 5.77. The molecule has 12 heavy (non-hydrogen) atoms. The maximum atomic E-state index is 6.18. The van der Waals surface area contributed by atoms with Crippen molar-refractivity contribution in [2.75, 3.05) is 0 Å². The second-order valence-corrected chi connectivity index (χ2v) is 3.74. The fourth-order valence-corrected chi connectivity index (χ4v) is 1.94. The molecular formula is C10H15NO. The maximum Gasteiger partial charge on any atom is 0.0953 e. The number of furan rings is 1. The first-order valence-corrected chi connectivity index (χ1v) is 4.59. The van der Waals surface area contributed by atoms with Gasteiger partial charge in [0.15, 0.2) is 0 Å². The molecular weight excluding hydrogens is 150 g/mol. The Balaban J connectivity index is 2.07. The Morgan fingerprint density at radius 3 is 3.17 bits per heavy atom. The van der Waals surface area contributed by atoms with Gasteiger partial charge in [-0.3, -0.25) is 0 Å². The van der Waals surface area contributed by atoms with E-state index in [0.717, 1.165) is 6.42 Å². The van der Waals surface area contributed by atoms with Gasteiger partial charge in [-0.1, -0.05) is 13.3 Å². The summed E-state index contributed by atoms with van der Waals surface area (Å²) < 4.78 is 5.03. The van der Waals surface area contributed by atoms with E-state index in [2.05, 4.69) is 6.92 Å². The molecule has 2 unspecified atom stereocenters. The minimum atomic E-state index is -0.0526. The van der Waals surface area contributed by atoms with E-state index in [1.807, 2.05) is 6.07 Å². The van der Waals surface area contributed by atoms with Crippen LogP contribution in [0.3, 0.4) is 0 Å². The smallest absolute Gasteiger partial charge is 0.0953 e. The van der Waals surface area contributed by atoms with Crippen molar-refractivity contribution in [2.45, 2.75) is 31.7 Å². The minimum Gasteiger partial charge on any atom is -0.472 e. The summed E-state index contributed by atoms with van der Waals surface area (Å²) >= 11 is 0. The Hall–Kier alpha value is -0.760. The van der Waals surface area contributed by atoms with Gasteiger partial charge in [-0.25, -0.2) is 0 Å². The van der Waals surface area contributed by atoms with Gasteiger partial charge in [0, 0.05) is 11.1 Å². The van der Waals surface area contributed by atoms with E-state index >= 15 is 0 Å². The SMILES string of the molecule is CCCC1CC1(N)c1ccoc1. The summed E-state index contributed by atoms with van der Waals surface area (Å²) in [6.45, 7) is 2.20. The largest absolute Gasteiger partial charge is 0.472 e. The fourth-order valence-electron chi connectivity index (χ4n) is 1.94. The van der Waals surface area contributed by atoms with Crippen molar-refractivity contribution >= 4 is 0 Å². The van der Waals surface area contributed by atoms with Crippen LogP contribution in [0.5, 0.6) is 0 Å². The van der Waals surface area contributed by atoms with E-state index in [4.69, 9.17) is 10.2 Å². The first-order valence-electron chi connectivity index (χ1n) is 4.59. The van der Waals surface area contributed by atoms with E-state index in [1.165, 1.54) is 18.4 Å². The van der Waals surface area contributed by atoms with Gasteiger partial charge in [0.2, 0.25) is 0 Å². The van der Waals surface area contributed by atoms with Crippen LogP contribution in [0.4, 0.5) is 0 Å². The van der Waals surface area contributed by atoms with E-state index in [0.29, 0.717) is 5.92 Å². The molecule has 2 nitrogen and oxygen atoms in total. The Morgan fingerprint density at radius 1 is 1.75 bits per heavy atom. The molecule has 2 N–H and O–H groups in total. The van der Waals surface area contributed by atoms with Crippen LogP contribution in [-0.4, -0.2) is 0 Å². The average molecular weight is 165 g/mol. The van der Waals surface area contributed by atoms with Crippen LogP contribution in [0.2, 0.25) is 0 Å². The number of nitrogens with two attached hydrogens (primary N) is 1. The third-order valence-corrected chi connectivity index (χ3v) is 2.85. The van der Waals surface area contributed by atoms with Crippen molar-refractivity contribution in [3.63, 3.8) is 0 Å². The lowest BCUT2D eigenvalue weighted by Crippen LogP contribution is -2.21. The molecule has 2 rings (SSSR count). The van der Waals surface area contributed by atoms with Crippen molar-refractivity contribution in [1.29, 1.82) is 0 Å². The second-order valence-electron chi connectivity index (χ2n) is 3.74. The first kappa shape index (κ1) is 7.87. The maximum absolute atomic E-state index is 6.18. The fraction of sp³-hybridized carbons (Fsp3) is 0.600. The molecule has 0 aliphatic heterocycles. The van der Waals surface area contributed by atoms with Gasteiger partial charge in [-0.15, -0.1) is 0 Å². The summed E-state index contributed by atoms with van der Waals surface area (Å²) in [6, 6.07) is 1.98. The molecule has 0 spiro atoms. The third-order valence-electron chi connectivity index (χ3n) is 2.85. The van der Waals surface area contributed by atoms with Crippen LogP contribution in [-0.2, 0) is 5.54 Å². The van der Waals surface area contributed by atoms with Crippen molar-refractivity contribution in [1.82, 2.24) is 0 Å². The number of hydrogen-bond donors (Lipinski definition) is 1. The Labute approximate surface area is 72.7 Å². The molecule has 0 radical (unpaired) electrons. The Kier molecular flexibility index (Phi) is 1.72. The minimum absolute atomic E-state index is 0.0526. The lowest BCUT2D eigenvalue weighted by molar-refractivity contribution is 0.542. The molecule has 2 heteroatoms. The highest BCUT2D eigenvalue weighted by Gasteiger charge is 2.51. The van der Waals surface area contributed by atoms with Crippen molar-refractivity contribution < 1.29 is 4.42 Å². The van der Waals surface area contributed by atoms with Crippen LogP contribution < -0.4 is 5.73 Å². The van der Waals surface area contributed by atoms with Crippen molar-refractivity contribution in [3.8, 4) is 0 Å². The van der Waals surface area contributed by atoms with Crippen molar-refractivity contribution in [2.24, 2.45) is 11.7 Å². The van der Waals surface area contributed by atoms with Gasteiger partial charge in [0.25, 0.3) is 0 Å². The van der Waals surface area contributed by atoms with Gasteiger partial charge in [-0.2, -0.15) is 0 Å². The molecule has 1 aliphatic carbocycles. The van der Waals surface area contributed by atoms with E-state index in [9.17, 15) is 0 Å². The van der Waals surface area contributed by atoms with Gasteiger partial charge >= 0.3 is 0 Å². The zero-order valence-electron chi connectivity index (χ0n) is 7.42. The predicted molar refractivity (Wildman–Crippen MR) is 47.6 cm³/mol. The van der Waals surface area contributed by atoms with Gasteiger partial charge < -0.3 is 10.2 Å². The quantitative estimate of drug-likeness (QED) is 0.746. The Bertz CT molecular complexity index is 255. The van der Waals surface area contributed by atoms with E-state index in [-0.39, 0.29) is 5.54 Å². The lowest BCUT2D eigenvalue weighted by atomic mass is 10.1. The Morgan fingerprint density at radius 2 is 2.58 bits per heavy atom. The zero-order valence-corrected chi connectivity index (χ0v) is 7.42. The molecule has 1 heterocycles. The molecule has 1 saturated carbocycles. The molecule has 66 valence electrons. The van der Waals surface area contributed by atoms with E-state index in [1.54, 1.807) is 12.5 Å². The third kappa shape index (κ3) is 1.07. The highest BCUT2D eigenvalue weighted by atomic mass is 16.3. The standard InChI is InChI=1S/C10H15NO/c1-2-3-8-6-10(8,11)9-4-5-12-7-9/h4-5,7-8H,2-3,6,11H2,1H3. The highest BCUT2D eigenvalue weighted by Crippen LogP contribution is 2.52. The summed E-state index contributed by atoms with van der Waals surface area (Å²) in [5, 5.41) is 0. The van der Waals surface area contributed by atoms with Gasteiger partial charge in [0.05, 0.1) is 12.5 Å². The zero-order chi connectivity index (χ0) is 8.60. The molecule has 2 atom stereocenters. The van der Waals surface area contributed by atoms with Gasteiger partial charge in [-0.05, 0) is 24.8 Å². The normalized spacial score (nSPS) is 33.7. The molecule has 1 aliphatic rings. The molecule has 1 fully saturated rings. The van der Waals surface area contributed by atoms with Crippen LogP contribution in [0.15, 0.2) is 23.0 Å². The van der Waals surface area contributed by atoms with E-state index < -0.39 is 0 Å². The number of rotatable bonds is 3. The average Bonchev–Trinajstić information content (AvgIpc) is 2.57. The summed E-state index contributed by atoms with van der Waals surface area (Å²) in [6.07, 6.45) is 7.06. The summed E-state index contributed by atoms with van der Waals surface area (Å²) in [5.74, 6) is 0.681. The monoisotopic (exact) mass is 165 g/mol. The lowest BCUT2D eigenvalue weighted by Gasteiger charge is -2.07. The molecule has 0 amide bonds. The molecule has 1 aromatic rings. The summed E-state index contributed by atoms with van der Waals surface area (Å²) in [7, 11) is 0. The van der Waals surface area contributed by atoms with Gasteiger partial charge in [0.1, 0.15) is 0 Å². The molecule has 0 aromatic carbocycles. The topological polar surface area (TPSA) is 39.2 Å². The van der Waals surface area contributed by atoms with Crippen LogP contribution in [0.1, 0.15) is 31.7 Å². The number of hydrogen-bond acceptors (Lipinski definition) is 2. The highest BCUT2D eigenvalue weighted by molar-refractivity contribution is 5.28. The predicted octanol–water partition coefficient (Wildman–Crippen LogP) is 2.25. The molecule has 0 saturated heterocycles. The molecule has 0 bridgehead atoms.